The van der Waals surface area contributed by atoms with Crippen LogP contribution in [0.5, 0.6) is 0 Å². The van der Waals surface area contributed by atoms with Gasteiger partial charge in [0.05, 0.1) is 0 Å². The Balaban J connectivity index is 2.11. The Hall–Kier alpha value is -1.66. The van der Waals surface area contributed by atoms with Crippen molar-refractivity contribution >= 4 is 27.6 Å². The Morgan fingerprint density at radius 1 is 1.28 bits per heavy atom. The summed E-state index contributed by atoms with van der Waals surface area (Å²) in [6.45, 7) is 0.772. The molecule has 0 aliphatic heterocycles. The van der Waals surface area contributed by atoms with Crippen molar-refractivity contribution in [3.05, 3.63) is 46.7 Å². The number of aromatic nitrogens is 2. The first-order valence-corrected chi connectivity index (χ1v) is 6.22. The van der Waals surface area contributed by atoms with Crippen LogP contribution in [0, 0.1) is 0 Å². The molecule has 0 aliphatic carbocycles. The van der Waals surface area contributed by atoms with E-state index in [1.807, 2.05) is 24.1 Å². The zero-order chi connectivity index (χ0) is 13.0. The molecule has 0 fully saturated rings. The molecule has 0 radical (unpaired) electrons. The number of hydrazine groups is 1. The standard InChI is InChI=1S/C12H14BrN5/c1-18(7-9-2-4-10(13)5-3-9)12-6-11(17-14)15-8-16-12/h2-6,8H,7,14H2,1H3,(H,15,16,17). The van der Waals surface area contributed by atoms with E-state index in [0.29, 0.717) is 5.82 Å². The normalized spacial score (nSPS) is 10.2. The van der Waals surface area contributed by atoms with Gasteiger partial charge in [0, 0.05) is 24.1 Å². The van der Waals surface area contributed by atoms with Crippen LogP contribution in [0.1, 0.15) is 5.56 Å². The fourth-order valence-electron chi connectivity index (χ4n) is 1.58. The van der Waals surface area contributed by atoms with E-state index < -0.39 is 0 Å². The van der Waals surface area contributed by atoms with E-state index in [9.17, 15) is 0 Å². The lowest BCUT2D eigenvalue weighted by Gasteiger charge is -2.18. The number of anilines is 2. The predicted molar refractivity (Wildman–Crippen MR) is 76.1 cm³/mol. The zero-order valence-corrected chi connectivity index (χ0v) is 11.6. The maximum Gasteiger partial charge on any atom is 0.145 e. The molecule has 2 rings (SSSR count). The van der Waals surface area contributed by atoms with Gasteiger partial charge in [-0.1, -0.05) is 28.1 Å². The van der Waals surface area contributed by atoms with Crippen LogP contribution in [-0.2, 0) is 6.54 Å². The number of rotatable bonds is 4. The lowest BCUT2D eigenvalue weighted by atomic mass is 10.2. The molecule has 0 bridgehead atoms. The number of nitrogens with one attached hydrogen (secondary N) is 1. The minimum Gasteiger partial charge on any atom is -0.355 e. The molecule has 6 heteroatoms. The number of hydrogen-bond donors (Lipinski definition) is 2. The Bertz CT molecular complexity index is 514. The average Bonchev–Trinajstić information content (AvgIpc) is 2.41. The fraction of sp³-hybridized carbons (Fsp3) is 0.167. The van der Waals surface area contributed by atoms with Crippen LogP contribution in [0.4, 0.5) is 11.6 Å². The van der Waals surface area contributed by atoms with Crippen molar-refractivity contribution in [1.82, 2.24) is 9.97 Å². The van der Waals surface area contributed by atoms with Gasteiger partial charge in [-0.15, -0.1) is 0 Å². The molecule has 1 aromatic heterocycles. The maximum absolute atomic E-state index is 5.32. The van der Waals surface area contributed by atoms with Crippen LogP contribution in [0.25, 0.3) is 0 Å². The van der Waals surface area contributed by atoms with Crippen LogP contribution >= 0.6 is 15.9 Å². The summed E-state index contributed by atoms with van der Waals surface area (Å²) in [5.41, 5.74) is 3.72. The number of halogens is 1. The van der Waals surface area contributed by atoms with Crippen molar-refractivity contribution in [2.24, 2.45) is 5.84 Å². The molecule has 0 saturated heterocycles. The first kappa shape index (κ1) is 12.8. The van der Waals surface area contributed by atoms with E-state index >= 15 is 0 Å². The second-order valence-corrected chi connectivity index (χ2v) is 4.80. The van der Waals surface area contributed by atoms with Crippen LogP contribution in [-0.4, -0.2) is 17.0 Å². The summed E-state index contributed by atoms with van der Waals surface area (Å²) in [5, 5.41) is 0. The summed E-state index contributed by atoms with van der Waals surface area (Å²) in [4.78, 5) is 10.2. The van der Waals surface area contributed by atoms with Crippen molar-refractivity contribution in [3.8, 4) is 0 Å². The predicted octanol–water partition coefficient (Wildman–Crippen LogP) is 2.16. The Kier molecular flexibility index (Phi) is 4.11. The third-order valence-corrected chi connectivity index (χ3v) is 3.05. The molecule has 3 N–H and O–H groups in total. The molecule has 0 unspecified atom stereocenters. The number of nitrogens with zero attached hydrogens (tertiary/aromatic N) is 3. The smallest absolute Gasteiger partial charge is 0.145 e. The van der Waals surface area contributed by atoms with Gasteiger partial charge in [0.1, 0.15) is 18.0 Å². The van der Waals surface area contributed by atoms with E-state index in [1.54, 1.807) is 6.07 Å². The van der Waals surface area contributed by atoms with E-state index in [4.69, 9.17) is 5.84 Å². The van der Waals surface area contributed by atoms with Gasteiger partial charge in [-0.05, 0) is 17.7 Å². The SMILES string of the molecule is CN(Cc1ccc(Br)cc1)c1cc(NN)ncn1. The number of hydrogen-bond acceptors (Lipinski definition) is 5. The van der Waals surface area contributed by atoms with Crippen LogP contribution in [0.3, 0.4) is 0 Å². The molecule has 0 saturated carbocycles. The molecule has 0 atom stereocenters. The van der Waals surface area contributed by atoms with Crippen molar-refractivity contribution in [2.45, 2.75) is 6.54 Å². The molecule has 94 valence electrons. The molecule has 0 spiro atoms. The van der Waals surface area contributed by atoms with Gasteiger partial charge in [-0.3, -0.25) is 0 Å². The topological polar surface area (TPSA) is 67.1 Å². The monoisotopic (exact) mass is 307 g/mol. The third kappa shape index (κ3) is 3.18. The van der Waals surface area contributed by atoms with Crippen LogP contribution < -0.4 is 16.2 Å². The quantitative estimate of drug-likeness (QED) is 0.669. The first-order chi connectivity index (χ1) is 8.69. The largest absolute Gasteiger partial charge is 0.355 e. The Labute approximate surface area is 114 Å². The third-order valence-electron chi connectivity index (χ3n) is 2.52. The summed E-state index contributed by atoms with van der Waals surface area (Å²) in [5.74, 6) is 6.74. The van der Waals surface area contributed by atoms with Gasteiger partial charge < -0.3 is 10.3 Å². The molecule has 18 heavy (non-hydrogen) atoms. The Morgan fingerprint density at radius 2 is 2.00 bits per heavy atom. The van der Waals surface area contributed by atoms with Gasteiger partial charge in [0.15, 0.2) is 0 Å². The molecule has 0 aliphatic rings. The van der Waals surface area contributed by atoms with E-state index in [0.717, 1.165) is 16.8 Å². The first-order valence-electron chi connectivity index (χ1n) is 5.43. The lowest BCUT2D eigenvalue weighted by Crippen LogP contribution is -2.18. The van der Waals surface area contributed by atoms with Crippen molar-refractivity contribution in [3.63, 3.8) is 0 Å². The van der Waals surface area contributed by atoms with Crippen LogP contribution in [0.15, 0.2) is 41.1 Å². The molecule has 2 aromatic rings. The summed E-state index contributed by atoms with van der Waals surface area (Å²) in [6, 6.07) is 10.00. The summed E-state index contributed by atoms with van der Waals surface area (Å²) in [7, 11) is 1.98. The molecular formula is C12H14BrN5. The lowest BCUT2D eigenvalue weighted by molar-refractivity contribution is 0.890. The molecule has 5 nitrogen and oxygen atoms in total. The number of nitrogen functional groups attached to an aromatic ring is 1. The van der Waals surface area contributed by atoms with Crippen molar-refractivity contribution in [1.29, 1.82) is 0 Å². The highest BCUT2D eigenvalue weighted by atomic mass is 79.9. The summed E-state index contributed by atoms with van der Waals surface area (Å²) >= 11 is 3.42. The van der Waals surface area contributed by atoms with Crippen molar-refractivity contribution < 1.29 is 0 Å². The van der Waals surface area contributed by atoms with E-state index in [2.05, 4.69) is 43.5 Å². The molecule has 0 amide bonds. The maximum atomic E-state index is 5.32. The summed E-state index contributed by atoms with van der Waals surface area (Å²) < 4.78 is 1.07. The second-order valence-electron chi connectivity index (χ2n) is 3.89. The van der Waals surface area contributed by atoms with E-state index in [1.165, 1.54) is 11.9 Å². The van der Waals surface area contributed by atoms with Gasteiger partial charge in [0.2, 0.25) is 0 Å². The minimum absolute atomic E-state index is 0.600. The fourth-order valence-corrected chi connectivity index (χ4v) is 1.84. The molecule has 1 heterocycles. The zero-order valence-electron chi connectivity index (χ0n) is 9.97. The number of benzene rings is 1. The number of nitrogens with two attached hydrogens (primary N) is 1. The highest BCUT2D eigenvalue weighted by Crippen LogP contribution is 2.16. The second kappa shape index (κ2) is 5.79. The van der Waals surface area contributed by atoms with Gasteiger partial charge in [-0.25, -0.2) is 15.8 Å². The molecular weight excluding hydrogens is 294 g/mol. The van der Waals surface area contributed by atoms with Gasteiger partial charge in [0.25, 0.3) is 0 Å². The van der Waals surface area contributed by atoms with Crippen LogP contribution in [0.2, 0.25) is 0 Å². The summed E-state index contributed by atoms with van der Waals surface area (Å²) in [6.07, 6.45) is 1.49. The highest BCUT2D eigenvalue weighted by Gasteiger charge is 2.04. The van der Waals surface area contributed by atoms with Crippen molar-refractivity contribution in [2.75, 3.05) is 17.4 Å². The molecule has 1 aromatic carbocycles. The minimum atomic E-state index is 0.600. The van der Waals surface area contributed by atoms with Gasteiger partial charge >= 0.3 is 0 Å². The average molecular weight is 308 g/mol. The Morgan fingerprint density at radius 3 is 2.67 bits per heavy atom. The van der Waals surface area contributed by atoms with E-state index in [-0.39, 0.29) is 0 Å². The highest BCUT2D eigenvalue weighted by molar-refractivity contribution is 9.10. The van der Waals surface area contributed by atoms with Gasteiger partial charge in [-0.2, -0.15) is 0 Å².